The molecule has 7 nitrogen and oxygen atoms in total. The maximum absolute atomic E-state index is 13.5. The van der Waals surface area contributed by atoms with Crippen LogP contribution in [0.1, 0.15) is 39.7 Å². The zero-order chi connectivity index (χ0) is 24.6. The van der Waals surface area contributed by atoms with E-state index in [-0.39, 0.29) is 11.4 Å². The first-order valence-corrected chi connectivity index (χ1v) is 12.0. The SMILES string of the molecule is Cc1cccc2cc(C(c3nnnn3Cc3ccc(F)cc3)N3CCc4ccccc4C3)c(=O)[nH]c12. The molecule has 2 aromatic heterocycles. The van der Waals surface area contributed by atoms with E-state index in [2.05, 4.69) is 43.6 Å². The smallest absolute Gasteiger partial charge is 0.253 e. The lowest BCUT2D eigenvalue weighted by atomic mass is 9.95. The molecule has 1 aliphatic rings. The van der Waals surface area contributed by atoms with Crippen molar-refractivity contribution in [1.82, 2.24) is 30.1 Å². The summed E-state index contributed by atoms with van der Waals surface area (Å²) in [5.74, 6) is 0.287. The molecule has 180 valence electrons. The van der Waals surface area contributed by atoms with Gasteiger partial charge < -0.3 is 4.98 Å². The van der Waals surface area contributed by atoms with Gasteiger partial charge in [-0.05, 0) is 69.6 Å². The van der Waals surface area contributed by atoms with Crippen LogP contribution in [0.3, 0.4) is 0 Å². The van der Waals surface area contributed by atoms with Gasteiger partial charge in [0.05, 0.1) is 12.1 Å². The minimum Gasteiger partial charge on any atom is -0.321 e. The molecule has 0 fully saturated rings. The number of tetrazole rings is 1. The molecule has 3 aromatic carbocycles. The van der Waals surface area contributed by atoms with E-state index in [0.29, 0.717) is 24.5 Å². The Morgan fingerprint density at radius 2 is 1.83 bits per heavy atom. The Labute approximate surface area is 207 Å². The summed E-state index contributed by atoms with van der Waals surface area (Å²) in [7, 11) is 0. The second kappa shape index (κ2) is 9.13. The highest BCUT2D eigenvalue weighted by molar-refractivity contribution is 5.82. The number of fused-ring (bicyclic) bond motifs is 2. The van der Waals surface area contributed by atoms with E-state index in [1.165, 1.54) is 23.3 Å². The Morgan fingerprint density at radius 1 is 1.03 bits per heavy atom. The summed E-state index contributed by atoms with van der Waals surface area (Å²) in [6, 6.07) is 22.2. The third-order valence-corrected chi connectivity index (χ3v) is 6.99. The quantitative estimate of drug-likeness (QED) is 0.409. The number of aromatic nitrogens is 5. The second-order valence-corrected chi connectivity index (χ2v) is 9.31. The lowest BCUT2D eigenvalue weighted by molar-refractivity contribution is 0.194. The first-order chi connectivity index (χ1) is 17.6. The van der Waals surface area contributed by atoms with Gasteiger partial charge in [0.2, 0.25) is 0 Å². The third-order valence-electron chi connectivity index (χ3n) is 6.99. The number of H-pyrrole nitrogens is 1. The van der Waals surface area contributed by atoms with Crippen LogP contribution < -0.4 is 5.56 Å². The predicted molar refractivity (Wildman–Crippen MR) is 135 cm³/mol. The highest BCUT2D eigenvalue weighted by atomic mass is 19.1. The summed E-state index contributed by atoms with van der Waals surface area (Å²) in [6.45, 7) is 3.79. The van der Waals surface area contributed by atoms with Gasteiger partial charge in [-0.3, -0.25) is 9.69 Å². The molecule has 0 aliphatic carbocycles. The average Bonchev–Trinajstić information content (AvgIpc) is 3.34. The van der Waals surface area contributed by atoms with Crippen LogP contribution in [0.4, 0.5) is 4.39 Å². The van der Waals surface area contributed by atoms with E-state index >= 15 is 0 Å². The van der Waals surface area contributed by atoms with Crippen LogP contribution in [0, 0.1) is 12.7 Å². The number of hydrogen-bond donors (Lipinski definition) is 1. The number of aryl methyl sites for hydroxylation is 1. The van der Waals surface area contributed by atoms with Crippen molar-refractivity contribution in [3.63, 3.8) is 0 Å². The van der Waals surface area contributed by atoms with E-state index < -0.39 is 6.04 Å². The van der Waals surface area contributed by atoms with Gasteiger partial charge in [-0.15, -0.1) is 5.10 Å². The molecule has 0 saturated carbocycles. The molecule has 1 aliphatic heterocycles. The monoisotopic (exact) mass is 480 g/mol. The fourth-order valence-corrected chi connectivity index (χ4v) is 5.12. The van der Waals surface area contributed by atoms with Gasteiger partial charge in [-0.25, -0.2) is 9.07 Å². The van der Waals surface area contributed by atoms with Crippen molar-refractivity contribution in [3.8, 4) is 0 Å². The van der Waals surface area contributed by atoms with Gasteiger partial charge in [0.1, 0.15) is 11.9 Å². The first-order valence-electron chi connectivity index (χ1n) is 12.0. The van der Waals surface area contributed by atoms with Gasteiger partial charge in [0, 0.05) is 18.7 Å². The standard InChI is InChI=1S/C28H25FN6O/c1-18-5-4-8-21-15-24(28(36)30-25(18)21)26(34-14-13-20-6-2-3-7-22(20)17-34)27-31-32-33-35(27)16-19-9-11-23(29)12-10-19/h2-12,15,26H,13-14,16-17H2,1H3,(H,30,36). The van der Waals surface area contributed by atoms with E-state index in [4.69, 9.17) is 0 Å². The van der Waals surface area contributed by atoms with Gasteiger partial charge in [0.15, 0.2) is 5.82 Å². The maximum atomic E-state index is 13.5. The zero-order valence-electron chi connectivity index (χ0n) is 19.9. The summed E-state index contributed by atoms with van der Waals surface area (Å²) in [6.07, 6.45) is 0.872. The topological polar surface area (TPSA) is 79.7 Å². The Morgan fingerprint density at radius 3 is 2.67 bits per heavy atom. The number of nitrogens with zero attached hydrogens (tertiary/aromatic N) is 5. The van der Waals surface area contributed by atoms with Crippen LogP contribution in [0.5, 0.6) is 0 Å². The van der Waals surface area contributed by atoms with Crippen molar-refractivity contribution >= 4 is 10.9 Å². The fraction of sp³-hybridized carbons (Fsp3) is 0.214. The van der Waals surface area contributed by atoms with Gasteiger partial charge in [0.25, 0.3) is 5.56 Å². The van der Waals surface area contributed by atoms with E-state index in [1.54, 1.807) is 16.8 Å². The van der Waals surface area contributed by atoms with Crippen molar-refractivity contribution in [1.29, 1.82) is 0 Å². The lowest BCUT2D eigenvalue weighted by Crippen LogP contribution is -2.38. The number of aromatic amines is 1. The molecule has 0 bridgehead atoms. The normalized spacial score (nSPS) is 14.6. The van der Waals surface area contributed by atoms with Crippen molar-refractivity contribution in [2.75, 3.05) is 6.54 Å². The zero-order valence-corrected chi connectivity index (χ0v) is 19.9. The molecule has 3 heterocycles. The number of para-hydroxylation sites is 1. The fourth-order valence-electron chi connectivity index (χ4n) is 5.12. The predicted octanol–water partition coefficient (Wildman–Crippen LogP) is 4.16. The van der Waals surface area contributed by atoms with Crippen LogP contribution in [-0.2, 0) is 19.5 Å². The van der Waals surface area contributed by atoms with Crippen LogP contribution in [0.25, 0.3) is 10.9 Å². The van der Waals surface area contributed by atoms with Crippen LogP contribution in [0.2, 0.25) is 0 Å². The van der Waals surface area contributed by atoms with Gasteiger partial charge in [-0.2, -0.15) is 0 Å². The van der Waals surface area contributed by atoms with E-state index in [9.17, 15) is 9.18 Å². The molecule has 0 saturated heterocycles. The van der Waals surface area contributed by atoms with E-state index in [0.717, 1.165) is 35.0 Å². The van der Waals surface area contributed by atoms with Gasteiger partial charge >= 0.3 is 0 Å². The number of nitrogens with one attached hydrogen (secondary N) is 1. The largest absolute Gasteiger partial charge is 0.321 e. The molecule has 1 atom stereocenters. The molecule has 5 aromatic rings. The minimum absolute atomic E-state index is 0.156. The van der Waals surface area contributed by atoms with Crippen molar-refractivity contribution < 1.29 is 4.39 Å². The van der Waals surface area contributed by atoms with Gasteiger partial charge in [-0.1, -0.05) is 54.6 Å². The Bertz CT molecular complexity index is 1610. The van der Waals surface area contributed by atoms with Crippen LogP contribution >= 0.6 is 0 Å². The average molecular weight is 481 g/mol. The molecule has 36 heavy (non-hydrogen) atoms. The molecule has 1 N–H and O–H groups in total. The molecular formula is C28H25FN6O. The second-order valence-electron chi connectivity index (χ2n) is 9.31. The summed E-state index contributed by atoms with van der Waals surface area (Å²) in [5, 5.41) is 13.6. The Hall–Kier alpha value is -4.17. The van der Waals surface area contributed by atoms with Crippen molar-refractivity contribution in [3.05, 3.63) is 123 Å². The molecular weight excluding hydrogens is 455 g/mol. The number of rotatable bonds is 5. The van der Waals surface area contributed by atoms with E-state index in [1.807, 2.05) is 37.3 Å². The highest BCUT2D eigenvalue weighted by Crippen LogP contribution is 2.32. The first kappa shape index (κ1) is 22.3. The molecule has 1 unspecified atom stereocenters. The summed E-state index contributed by atoms with van der Waals surface area (Å²) >= 11 is 0. The molecule has 0 amide bonds. The minimum atomic E-state index is -0.456. The van der Waals surface area contributed by atoms with Crippen molar-refractivity contribution in [2.45, 2.75) is 32.5 Å². The highest BCUT2D eigenvalue weighted by Gasteiger charge is 2.32. The molecule has 0 spiro atoms. The number of pyridine rings is 1. The number of hydrogen-bond acceptors (Lipinski definition) is 5. The van der Waals surface area contributed by atoms with Crippen molar-refractivity contribution in [2.24, 2.45) is 0 Å². The number of benzene rings is 3. The van der Waals surface area contributed by atoms with Crippen LogP contribution in [-0.4, -0.2) is 36.6 Å². The van der Waals surface area contributed by atoms with Crippen LogP contribution in [0.15, 0.2) is 77.6 Å². The molecule has 8 heteroatoms. The summed E-state index contributed by atoms with van der Waals surface area (Å²) in [5.41, 5.74) is 5.72. The molecule has 0 radical (unpaired) electrons. The maximum Gasteiger partial charge on any atom is 0.253 e. The summed E-state index contributed by atoms with van der Waals surface area (Å²) < 4.78 is 15.2. The number of halogens is 1. The Balaban J connectivity index is 1.48. The molecule has 6 rings (SSSR count). The summed E-state index contributed by atoms with van der Waals surface area (Å²) in [4.78, 5) is 18.9. The lowest BCUT2D eigenvalue weighted by Gasteiger charge is -2.34. The third kappa shape index (κ3) is 4.09. The Kier molecular flexibility index (Phi) is 5.65.